The Balaban J connectivity index is 1.99. The fourth-order valence-corrected chi connectivity index (χ4v) is 2.94. The van der Waals surface area contributed by atoms with Crippen molar-refractivity contribution in [2.24, 2.45) is 7.05 Å². The van der Waals surface area contributed by atoms with E-state index < -0.39 is 0 Å². The predicted octanol–water partition coefficient (Wildman–Crippen LogP) is 4.02. The predicted molar refractivity (Wildman–Crippen MR) is 88.8 cm³/mol. The molecule has 0 atom stereocenters. The molecule has 1 amide bonds. The molecule has 1 heterocycles. The normalized spacial score (nSPS) is 10.7. The summed E-state index contributed by atoms with van der Waals surface area (Å²) in [5, 5.41) is 7.71. The molecule has 1 N–H and O–H groups in total. The Kier molecular flexibility index (Phi) is 5.06. The molecule has 2 aromatic rings. The molecule has 4 nitrogen and oxygen atoms in total. The number of carbonyl (C=O) groups excluding carboxylic acids is 1. The molecule has 0 aliphatic rings. The molecule has 1 aromatic heterocycles. The van der Waals surface area contributed by atoms with Crippen LogP contribution in [0.3, 0.4) is 0 Å². The van der Waals surface area contributed by atoms with Crippen LogP contribution in [0.25, 0.3) is 0 Å². The van der Waals surface area contributed by atoms with Crippen molar-refractivity contribution in [1.82, 2.24) is 9.78 Å². The number of aromatic nitrogens is 2. The van der Waals surface area contributed by atoms with E-state index in [2.05, 4.69) is 26.3 Å². The fourth-order valence-electron chi connectivity index (χ4n) is 2.22. The Labute approximate surface area is 137 Å². The Morgan fingerprint density at radius 2 is 2.14 bits per heavy atom. The molecule has 0 saturated carbocycles. The van der Waals surface area contributed by atoms with Crippen LogP contribution in [0, 0.1) is 13.8 Å². The summed E-state index contributed by atoms with van der Waals surface area (Å²) in [5.74, 6) is -0.0538. The maximum absolute atomic E-state index is 12.0. The summed E-state index contributed by atoms with van der Waals surface area (Å²) in [6.45, 7) is 3.98. The molecular formula is C15H17BrClN3O. The highest BCUT2D eigenvalue weighted by atomic mass is 79.9. The molecule has 0 saturated heterocycles. The van der Waals surface area contributed by atoms with Gasteiger partial charge in [0.25, 0.3) is 0 Å². The molecule has 1 aromatic carbocycles. The van der Waals surface area contributed by atoms with Crippen molar-refractivity contribution in [3.63, 3.8) is 0 Å². The van der Waals surface area contributed by atoms with Gasteiger partial charge in [-0.1, -0.05) is 27.5 Å². The lowest BCUT2D eigenvalue weighted by molar-refractivity contribution is -0.116. The summed E-state index contributed by atoms with van der Waals surface area (Å²) in [6, 6.07) is 5.38. The Morgan fingerprint density at radius 1 is 1.43 bits per heavy atom. The van der Waals surface area contributed by atoms with Gasteiger partial charge in [-0.2, -0.15) is 5.10 Å². The molecule has 21 heavy (non-hydrogen) atoms. The SMILES string of the molecule is Cc1nn(C)c(C)c1CCC(=O)Nc1ccc(Br)cc1Cl. The van der Waals surface area contributed by atoms with Gasteiger partial charge in [-0.05, 0) is 44.0 Å². The lowest BCUT2D eigenvalue weighted by Crippen LogP contribution is -2.13. The largest absolute Gasteiger partial charge is 0.325 e. The molecule has 0 unspecified atom stereocenters. The van der Waals surface area contributed by atoms with Crippen LogP contribution in [0.5, 0.6) is 0 Å². The van der Waals surface area contributed by atoms with E-state index in [0.29, 0.717) is 23.6 Å². The van der Waals surface area contributed by atoms with E-state index in [-0.39, 0.29) is 5.91 Å². The van der Waals surface area contributed by atoms with Crippen LogP contribution >= 0.6 is 27.5 Å². The van der Waals surface area contributed by atoms with Crippen LogP contribution in [-0.2, 0) is 18.3 Å². The second-order valence-corrected chi connectivity index (χ2v) is 6.27. The molecule has 0 bridgehead atoms. The molecule has 0 fully saturated rings. The zero-order valence-corrected chi connectivity index (χ0v) is 14.5. The first-order valence-electron chi connectivity index (χ1n) is 6.62. The van der Waals surface area contributed by atoms with Crippen LogP contribution in [0.1, 0.15) is 23.4 Å². The number of aryl methyl sites for hydroxylation is 2. The first kappa shape index (κ1) is 16.0. The summed E-state index contributed by atoms with van der Waals surface area (Å²) in [7, 11) is 1.91. The summed E-state index contributed by atoms with van der Waals surface area (Å²) >= 11 is 9.42. The number of halogens is 2. The van der Waals surface area contributed by atoms with E-state index in [4.69, 9.17) is 11.6 Å². The van der Waals surface area contributed by atoms with Crippen molar-refractivity contribution >= 4 is 39.1 Å². The third-order valence-corrected chi connectivity index (χ3v) is 4.27. The van der Waals surface area contributed by atoms with Crippen molar-refractivity contribution in [2.45, 2.75) is 26.7 Å². The van der Waals surface area contributed by atoms with Gasteiger partial charge in [0.1, 0.15) is 0 Å². The third kappa shape index (κ3) is 3.86. The minimum absolute atomic E-state index is 0.0538. The first-order chi connectivity index (χ1) is 9.88. The Bertz CT molecular complexity index is 682. The second kappa shape index (κ2) is 6.62. The van der Waals surface area contributed by atoms with Crippen LogP contribution in [0.4, 0.5) is 5.69 Å². The number of carbonyl (C=O) groups is 1. The third-order valence-electron chi connectivity index (χ3n) is 3.47. The van der Waals surface area contributed by atoms with E-state index in [0.717, 1.165) is 21.4 Å². The Hall–Kier alpha value is -1.33. The van der Waals surface area contributed by atoms with Gasteiger partial charge in [0, 0.05) is 23.6 Å². The number of benzene rings is 1. The number of rotatable bonds is 4. The van der Waals surface area contributed by atoms with Crippen LogP contribution in [0.15, 0.2) is 22.7 Å². The standard InChI is InChI=1S/C15H17BrClN3O/c1-9-12(10(2)20(3)19-9)5-7-15(21)18-14-6-4-11(16)8-13(14)17/h4,6,8H,5,7H2,1-3H3,(H,18,21). The molecule has 112 valence electrons. The van der Waals surface area contributed by atoms with Crippen LogP contribution in [0.2, 0.25) is 5.02 Å². The van der Waals surface area contributed by atoms with Gasteiger partial charge >= 0.3 is 0 Å². The van der Waals surface area contributed by atoms with Gasteiger partial charge < -0.3 is 5.32 Å². The zero-order chi connectivity index (χ0) is 15.6. The smallest absolute Gasteiger partial charge is 0.224 e. The number of amides is 1. The van der Waals surface area contributed by atoms with Crippen molar-refractivity contribution in [3.8, 4) is 0 Å². The van der Waals surface area contributed by atoms with Crippen LogP contribution in [-0.4, -0.2) is 15.7 Å². The first-order valence-corrected chi connectivity index (χ1v) is 7.79. The topological polar surface area (TPSA) is 46.9 Å². The van der Waals surface area contributed by atoms with Gasteiger partial charge in [-0.25, -0.2) is 0 Å². The van der Waals surface area contributed by atoms with Crippen molar-refractivity contribution in [3.05, 3.63) is 44.6 Å². The monoisotopic (exact) mass is 369 g/mol. The quantitative estimate of drug-likeness (QED) is 0.883. The molecule has 0 aliphatic carbocycles. The summed E-state index contributed by atoms with van der Waals surface area (Å²) in [6.07, 6.45) is 1.07. The lowest BCUT2D eigenvalue weighted by Gasteiger charge is -2.08. The van der Waals surface area contributed by atoms with Crippen molar-refractivity contribution < 1.29 is 4.79 Å². The molecule has 6 heteroatoms. The molecule has 2 rings (SSSR count). The minimum atomic E-state index is -0.0538. The van der Waals surface area contributed by atoms with Gasteiger partial charge in [0.15, 0.2) is 0 Å². The summed E-state index contributed by atoms with van der Waals surface area (Å²) in [5.41, 5.74) is 3.84. The maximum atomic E-state index is 12.0. The highest BCUT2D eigenvalue weighted by molar-refractivity contribution is 9.10. The van der Waals surface area contributed by atoms with Crippen molar-refractivity contribution in [1.29, 1.82) is 0 Å². The number of hydrogen-bond donors (Lipinski definition) is 1. The van der Waals surface area contributed by atoms with E-state index in [1.54, 1.807) is 12.1 Å². The van der Waals surface area contributed by atoms with Gasteiger partial charge in [0.05, 0.1) is 16.4 Å². The van der Waals surface area contributed by atoms with E-state index in [1.165, 1.54) is 0 Å². The van der Waals surface area contributed by atoms with Gasteiger partial charge in [-0.3, -0.25) is 9.48 Å². The van der Waals surface area contributed by atoms with Crippen LogP contribution < -0.4 is 5.32 Å². The summed E-state index contributed by atoms with van der Waals surface area (Å²) < 4.78 is 2.72. The van der Waals surface area contributed by atoms with E-state index in [1.807, 2.05) is 31.6 Å². The zero-order valence-electron chi connectivity index (χ0n) is 12.2. The molecular weight excluding hydrogens is 354 g/mol. The van der Waals surface area contributed by atoms with Gasteiger partial charge in [-0.15, -0.1) is 0 Å². The second-order valence-electron chi connectivity index (χ2n) is 4.95. The number of hydrogen-bond acceptors (Lipinski definition) is 2. The lowest BCUT2D eigenvalue weighted by atomic mass is 10.1. The minimum Gasteiger partial charge on any atom is -0.325 e. The molecule has 0 aliphatic heterocycles. The van der Waals surface area contributed by atoms with E-state index >= 15 is 0 Å². The van der Waals surface area contributed by atoms with E-state index in [9.17, 15) is 4.79 Å². The molecule has 0 radical (unpaired) electrons. The number of nitrogens with zero attached hydrogens (tertiary/aromatic N) is 2. The summed E-state index contributed by atoms with van der Waals surface area (Å²) in [4.78, 5) is 12.0. The average molecular weight is 371 g/mol. The highest BCUT2D eigenvalue weighted by Gasteiger charge is 2.12. The highest BCUT2D eigenvalue weighted by Crippen LogP contribution is 2.26. The molecule has 0 spiro atoms. The Morgan fingerprint density at radius 3 is 2.71 bits per heavy atom. The van der Waals surface area contributed by atoms with Gasteiger partial charge in [0.2, 0.25) is 5.91 Å². The number of nitrogens with one attached hydrogen (secondary N) is 1. The number of anilines is 1. The fraction of sp³-hybridized carbons (Fsp3) is 0.333. The van der Waals surface area contributed by atoms with Crippen molar-refractivity contribution in [2.75, 3.05) is 5.32 Å². The maximum Gasteiger partial charge on any atom is 0.224 e. The average Bonchev–Trinajstić information content (AvgIpc) is 2.65.